The van der Waals surface area contributed by atoms with Crippen LogP contribution in [0.25, 0.3) is 32.9 Å². The third-order valence-electron chi connectivity index (χ3n) is 9.92. The second-order valence-corrected chi connectivity index (χ2v) is 13.3. The van der Waals surface area contributed by atoms with Gasteiger partial charge in [-0.2, -0.15) is 4.98 Å². The fourth-order valence-electron chi connectivity index (χ4n) is 7.55. The highest BCUT2D eigenvalue weighted by Gasteiger charge is 2.49. The normalized spacial score (nSPS) is 26.2. The van der Waals surface area contributed by atoms with Gasteiger partial charge in [-0.05, 0) is 43.3 Å². The van der Waals surface area contributed by atoms with E-state index in [0.717, 1.165) is 24.8 Å². The number of nitrogens with zero attached hydrogens (tertiary/aromatic N) is 6. The number of pyridine rings is 1. The van der Waals surface area contributed by atoms with Gasteiger partial charge in [0.05, 0.1) is 24.7 Å². The number of hydrogen-bond acceptors (Lipinski definition) is 7. The van der Waals surface area contributed by atoms with Crippen LogP contribution in [-0.4, -0.2) is 105 Å². The quantitative estimate of drug-likeness (QED) is 0.138. The number of aromatic nitrogens is 3. The number of alkyl halides is 2. The van der Waals surface area contributed by atoms with E-state index >= 15 is 8.78 Å². The summed E-state index contributed by atoms with van der Waals surface area (Å²) < 4.78 is 54.2. The first-order valence-corrected chi connectivity index (χ1v) is 16.4. The minimum atomic E-state index is -1.16. The van der Waals surface area contributed by atoms with Crippen molar-refractivity contribution in [2.45, 2.75) is 49.8 Å². The fourth-order valence-corrected chi connectivity index (χ4v) is 7.83. The minimum absolute atomic E-state index is 0.0148. The van der Waals surface area contributed by atoms with Crippen molar-refractivity contribution < 1.29 is 27.6 Å². The van der Waals surface area contributed by atoms with Crippen LogP contribution in [-0.2, 0) is 0 Å². The largest absolute Gasteiger partial charge is 0.443 e. The molecule has 2 aromatic heterocycles. The van der Waals surface area contributed by atoms with Gasteiger partial charge in [0.2, 0.25) is 0 Å². The lowest BCUT2D eigenvalue weighted by Gasteiger charge is -2.34. The smallest absolute Gasteiger partial charge is 0.434 e. The maximum atomic E-state index is 16.7. The molecule has 0 amide bonds. The number of benzene rings is 2. The van der Waals surface area contributed by atoms with Crippen LogP contribution >= 0.6 is 11.6 Å². The van der Waals surface area contributed by atoms with E-state index in [4.69, 9.17) is 16.3 Å². The van der Waals surface area contributed by atoms with E-state index in [1.165, 1.54) is 12.3 Å². The van der Waals surface area contributed by atoms with E-state index in [1.807, 2.05) is 24.3 Å². The SMILES string of the molecule is C=CC(O)N1CC[C@@H](F)C(C=[N+](C)c2nc(OC[C@@]34CCCN3C[C@H](F)C4)nc3c(F)c(-c4cccc5cccc(Cl)c45)ncc23)C1. The summed E-state index contributed by atoms with van der Waals surface area (Å²) in [5, 5.41) is 12.6. The highest BCUT2D eigenvalue weighted by atomic mass is 35.5. The standard InChI is InChI=1S/C35H37ClF3N6O2/c1-3-28(46)44-14-11-27(38)22(18-44)17-43(2)33-25-16-40-31(24-9-4-7-21-8-5-10-26(36)29(21)24)30(39)32(25)41-34(42-33)47-20-35-12-6-13-45(35)19-23(37)15-35/h3-5,7-10,16-17,22-23,27-28,46H,1,6,11-15,18-20H2,2H3/q+1/t22?,23-,27-,28?,35+/m1/s1. The topological polar surface area (TPSA) is 77.6 Å². The molecule has 4 aromatic rings. The molecule has 0 saturated carbocycles. The highest BCUT2D eigenvalue weighted by Crippen LogP contribution is 2.41. The summed E-state index contributed by atoms with van der Waals surface area (Å²) in [4.78, 5) is 17.6. The molecule has 3 aliphatic heterocycles. The Bertz CT molecular complexity index is 1870. The van der Waals surface area contributed by atoms with Crippen LogP contribution in [0, 0.1) is 11.7 Å². The molecule has 5 heterocycles. The van der Waals surface area contributed by atoms with Crippen LogP contribution in [0.4, 0.5) is 19.0 Å². The molecule has 5 atom stereocenters. The maximum Gasteiger partial charge on any atom is 0.434 e. The van der Waals surface area contributed by atoms with E-state index in [1.54, 1.807) is 34.9 Å². The van der Waals surface area contributed by atoms with Crippen LogP contribution in [0.5, 0.6) is 6.01 Å². The van der Waals surface area contributed by atoms with Gasteiger partial charge in [0.15, 0.2) is 5.82 Å². The fraction of sp³-hybridized carbons (Fsp3) is 0.429. The zero-order chi connectivity index (χ0) is 32.9. The molecule has 0 aliphatic carbocycles. The Hall–Kier alpha value is -3.64. The molecule has 0 bridgehead atoms. The number of piperidine rings is 1. The molecular weight excluding hydrogens is 629 g/mol. The number of ether oxygens (including phenoxy) is 1. The van der Waals surface area contributed by atoms with Crippen molar-refractivity contribution in [2.24, 2.45) is 5.92 Å². The summed E-state index contributed by atoms with van der Waals surface area (Å²) in [5.41, 5.74) is 0.106. The summed E-state index contributed by atoms with van der Waals surface area (Å²) in [6.07, 6.45) is 3.96. The molecule has 47 heavy (non-hydrogen) atoms. The highest BCUT2D eigenvalue weighted by molar-refractivity contribution is 6.36. The Labute approximate surface area is 276 Å². The van der Waals surface area contributed by atoms with E-state index in [0.29, 0.717) is 40.9 Å². The lowest BCUT2D eigenvalue weighted by Crippen LogP contribution is -2.47. The average Bonchev–Trinajstić information content (AvgIpc) is 3.60. The molecule has 0 spiro atoms. The van der Waals surface area contributed by atoms with E-state index in [9.17, 15) is 9.50 Å². The molecular formula is C35H37ClF3N6O2+. The maximum absolute atomic E-state index is 16.7. The van der Waals surface area contributed by atoms with Gasteiger partial charge >= 0.3 is 11.8 Å². The Morgan fingerprint density at radius 1 is 1.19 bits per heavy atom. The first kappa shape index (κ1) is 31.9. The zero-order valence-corrected chi connectivity index (χ0v) is 26.9. The Morgan fingerprint density at radius 2 is 2.00 bits per heavy atom. The molecule has 1 N–H and O–H groups in total. The first-order valence-electron chi connectivity index (χ1n) is 16.0. The molecule has 3 aliphatic rings. The number of aliphatic hydroxyl groups excluding tert-OH is 1. The summed E-state index contributed by atoms with van der Waals surface area (Å²) in [6.45, 7) is 5.63. The number of rotatable bonds is 8. The van der Waals surface area contributed by atoms with Gasteiger partial charge in [-0.25, -0.2) is 17.7 Å². The monoisotopic (exact) mass is 665 g/mol. The number of aliphatic hydroxyl groups is 1. The molecule has 8 nitrogen and oxygen atoms in total. The van der Waals surface area contributed by atoms with Gasteiger partial charge in [-0.15, -0.1) is 0 Å². The lowest BCUT2D eigenvalue weighted by atomic mass is 9.95. The van der Waals surface area contributed by atoms with Crippen molar-refractivity contribution in [3.8, 4) is 17.3 Å². The lowest BCUT2D eigenvalue weighted by molar-refractivity contribution is -0.405. The molecule has 0 radical (unpaired) electrons. The number of halogens is 4. The van der Waals surface area contributed by atoms with Gasteiger partial charge in [0, 0.05) is 53.2 Å². The van der Waals surface area contributed by atoms with Gasteiger partial charge in [0.25, 0.3) is 0 Å². The number of fused-ring (bicyclic) bond motifs is 3. The van der Waals surface area contributed by atoms with Gasteiger partial charge < -0.3 is 9.84 Å². The van der Waals surface area contributed by atoms with Crippen LogP contribution in [0.2, 0.25) is 5.02 Å². The van der Waals surface area contributed by atoms with Crippen molar-refractivity contribution in [2.75, 3.05) is 39.8 Å². The molecule has 3 saturated heterocycles. The van der Waals surface area contributed by atoms with Crippen LogP contribution in [0.15, 0.2) is 55.3 Å². The Balaban J connectivity index is 1.33. The molecule has 2 unspecified atom stereocenters. The zero-order valence-electron chi connectivity index (χ0n) is 26.1. The first-order chi connectivity index (χ1) is 22.7. The van der Waals surface area contributed by atoms with Crippen LogP contribution < -0.4 is 4.74 Å². The van der Waals surface area contributed by atoms with E-state index in [-0.39, 0.29) is 42.6 Å². The van der Waals surface area contributed by atoms with Crippen molar-refractivity contribution >= 4 is 45.3 Å². The van der Waals surface area contributed by atoms with Crippen LogP contribution in [0.1, 0.15) is 25.7 Å². The Kier molecular flexibility index (Phi) is 8.67. The molecule has 12 heteroatoms. The van der Waals surface area contributed by atoms with Gasteiger partial charge in [0.1, 0.15) is 41.8 Å². The van der Waals surface area contributed by atoms with Gasteiger partial charge in [-0.1, -0.05) is 48.5 Å². The molecule has 3 fully saturated rings. The minimum Gasteiger partial charge on any atom is -0.443 e. The molecule has 246 valence electrons. The molecule has 2 aromatic carbocycles. The van der Waals surface area contributed by atoms with Crippen molar-refractivity contribution in [3.05, 3.63) is 66.1 Å². The predicted octanol–water partition coefficient (Wildman–Crippen LogP) is 6.10. The van der Waals surface area contributed by atoms with E-state index in [2.05, 4.69) is 26.4 Å². The molecule has 7 rings (SSSR count). The summed E-state index contributed by atoms with van der Waals surface area (Å²) >= 11 is 6.58. The number of hydrogen-bond donors (Lipinski definition) is 1. The van der Waals surface area contributed by atoms with Crippen molar-refractivity contribution in [1.82, 2.24) is 24.8 Å². The number of likely N-dealkylation sites (tertiary alicyclic amines) is 1. The predicted molar refractivity (Wildman–Crippen MR) is 176 cm³/mol. The second kappa shape index (κ2) is 12.8. The third-order valence-corrected chi connectivity index (χ3v) is 10.2. The average molecular weight is 666 g/mol. The van der Waals surface area contributed by atoms with Crippen molar-refractivity contribution in [1.29, 1.82) is 0 Å². The summed E-state index contributed by atoms with van der Waals surface area (Å²) in [7, 11) is 1.71. The summed E-state index contributed by atoms with van der Waals surface area (Å²) in [5.74, 6) is -0.981. The van der Waals surface area contributed by atoms with Gasteiger partial charge in [-0.3, -0.25) is 14.8 Å². The van der Waals surface area contributed by atoms with Crippen molar-refractivity contribution in [3.63, 3.8) is 0 Å². The van der Waals surface area contributed by atoms with Crippen LogP contribution in [0.3, 0.4) is 0 Å². The second-order valence-electron chi connectivity index (χ2n) is 12.9. The Morgan fingerprint density at radius 3 is 2.81 bits per heavy atom. The van der Waals surface area contributed by atoms with E-state index < -0.39 is 35.8 Å². The third kappa shape index (κ3) is 5.88. The summed E-state index contributed by atoms with van der Waals surface area (Å²) in [6, 6.07) is 10.9.